The van der Waals surface area contributed by atoms with Gasteiger partial charge in [-0.25, -0.2) is 4.68 Å². The number of benzene rings is 2. The number of fused-ring (bicyclic) bond motifs is 3. The van der Waals surface area contributed by atoms with Crippen LogP contribution in [0.4, 0.5) is 5.69 Å². The molecule has 3 amide bonds. The first-order valence-electron chi connectivity index (χ1n) is 16.3. The molecule has 5 heterocycles. The summed E-state index contributed by atoms with van der Waals surface area (Å²) >= 11 is 1.54. The highest BCUT2D eigenvalue weighted by Crippen LogP contribution is 2.61. The van der Waals surface area contributed by atoms with E-state index in [0.717, 1.165) is 22.5 Å². The maximum Gasteiger partial charge on any atom is 0.248 e. The number of ether oxygens (including phenoxy) is 1. The highest BCUT2D eigenvalue weighted by Gasteiger charge is 2.71. The van der Waals surface area contributed by atoms with Gasteiger partial charge in [0.2, 0.25) is 17.7 Å². The van der Waals surface area contributed by atoms with Crippen LogP contribution in [0.25, 0.3) is 11.0 Å². The van der Waals surface area contributed by atoms with Gasteiger partial charge in [-0.2, -0.15) is 0 Å². The van der Waals surface area contributed by atoms with Gasteiger partial charge in [0.1, 0.15) is 24.0 Å². The topological polar surface area (TPSA) is 121 Å². The van der Waals surface area contributed by atoms with Crippen molar-refractivity contribution < 1.29 is 24.2 Å². The summed E-state index contributed by atoms with van der Waals surface area (Å²) in [4.78, 5) is 49.3. The molecule has 1 N–H and O–H groups in total. The monoisotopic (exact) mass is 656 g/mol. The summed E-state index contributed by atoms with van der Waals surface area (Å²) in [5.41, 5.74) is 2.25. The number of para-hydroxylation sites is 1. The second-order valence-corrected chi connectivity index (χ2v) is 14.5. The SMILES string of the molecule is CCOc1ccc(N2CC=C[C@@H]3S[C@]45C=CCN(Cn6nnc7ccccc76)C(=O)C4N([C@@H](CO)CC(C)C)C(=O)[C@@H]5[C@@H]3C2=O)cc1. The molecule has 0 saturated carbocycles. The number of aliphatic hydroxyl groups is 1. The fourth-order valence-electron chi connectivity index (χ4n) is 7.77. The molecule has 4 aliphatic rings. The van der Waals surface area contributed by atoms with Gasteiger partial charge in [-0.05, 0) is 55.7 Å². The lowest BCUT2D eigenvalue weighted by atomic mass is 9.78. The molecule has 2 saturated heterocycles. The lowest BCUT2D eigenvalue weighted by Crippen LogP contribution is -2.56. The third-order valence-corrected chi connectivity index (χ3v) is 11.5. The summed E-state index contributed by atoms with van der Waals surface area (Å²) in [6.45, 7) is 7.10. The second-order valence-electron chi connectivity index (χ2n) is 13.0. The first-order chi connectivity index (χ1) is 22.8. The van der Waals surface area contributed by atoms with Crippen LogP contribution >= 0.6 is 11.8 Å². The van der Waals surface area contributed by atoms with Crippen molar-refractivity contribution in [2.45, 2.75) is 55.9 Å². The molecular formula is C35H40N6O5S. The quantitative estimate of drug-likeness (QED) is 0.348. The maximum atomic E-state index is 14.8. The van der Waals surface area contributed by atoms with Crippen LogP contribution in [0, 0.1) is 17.8 Å². The molecule has 4 aliphatic heterocycles. The predicted octanol–water partition coefficient (Wildman–Crippen LogP) is 3.49. The Bertz CT molecular complexity index is 1740. The third-order valence-electron chi connectivity index (χ3n) is 9.71. The molecule has 2 aromatic carbocycles. The minimum absolute atomic E-state index is 0.145. The zero-order chi connectivity index (χ0) is 32.9. The van der Waals surface area contributed by atoms with E-state index >= 15 is 0 Å². The van der Waals surface area contributed by atoms with Crippen molar-refractivity contribution in [1.29, 1.82) is 0 Å². The molecule has 12 heteroatoms. The van der Waals surface area contributed by atoms with Crippen LogP contribution in [0.15, 0.2) is 72.8 Å². The number of hydrogen-bond donors (Lipinski definition) is 1. The Morgan fingerprint density at radius 3 is 2.55 bits per heavy atom. The van der Waals surface area contributed by atoms with Gasteiger partial charge >= 0.3 is 0 Å². The van der Waals surface area contributed by atoms with Crippen LogP contribution in [-0.4, -0.2) is 96.0 Å². The molecule has 1 unspecified atom stereocenters. The molecule has 7 rings (SSSR count). The number of rotatable bonds is 9. The van der Waals surface area contributed by atoms with Crippen molar-refractivity contribution in [3.63, 3.8) is 0 Å². The first-order valence-corrected chi connectivity index (χ1v) is 17.2. The Kier molecular flexibility index (Phi) is 8.33. The van der Waals surface area contributed by atoms with Crippen LogP contribution in [0.1, 0.15) is 27.2 Å². The van der Waals surface area contributed by atoms with Gasteiger partial charge in [-0.1, -0.05) is 55.5 Å². The Labute approximate surface area is 278 Å². The van der Waals surface area contributed by atoms with Gasteiger partial charge in [0.05, 0.1) is 41.4 Å². The predicted molar refractivity (Wildman–Crippen MR) is 180 cm³/mol. The summed E-state index contributed by atoms with van der Waals surface area (Å²) in [5.74, 6) is -1.20. The number of nitrogens with zero attached hydrogens (tertiary/aromatic N) is 6. The molecule has 47 heavy (non-hydrogen) atoms. The molecule has 246 valence electrons. The molecule has 2 fully saturated rings. The standard InChI is InChI=1S/C35H40N6O5S/c1-4-46-25-14-12-23(13-15-25)39-18-7-11-28-29(32(39)43)30-33(44)41(24(20-42)19-22(2)3)31-34(45)38(17-8-16-35(30,31)47-28)21-40-27-10-6-5-9-26(27)36-37-40/h5-16,22,24,28-31,42H,4,17-21H2,1-3H3/t24-,28+,29-,30+,31?,35+/m1/s1. The van der Waals surface area contributed by atoms with E-state index in [4.69, 9.17) is 4.74 Å². The van der Waals surface area contributed by atoms with Gasteiger partial charge in [0.25, 0.3) is 0 Å². The number of hydrogen-bond acceptors (Lipinski definition) is 8. The molecule has 6 atom stereocenters. The number of carbonyl (C=O) groups is 3. The van der Waals surface area contributed by atoms with Crippen molar-refractivity contribution in [3.05, 3.63) is 72.8 Å². The van der Waals surface area contributed by atoms with E-state index < -0.39 is 28.7 Å². The summed E-state index contributed by atoms with van der Waals surface area (Å²) in [6.07, 6.45) is 8.50. The highest BCUT2D eigenvalue weighted by molar-refractivity contribution is 8.02. The van der Waals surface area contributed by atoms with Gasteiger partial charge in [-0.3, -0.25) is 14.4 Å². The second kappa shape index (κ2) is 12.5. The molecule has 1 spiro atoms. The third kappa shape index (κ3) is 5.22. The fraction of sp³-hybridized carbons (Fsp3) is 0.457. The van der Waals surface area contributed by atoms with Crippen LogP contribution in [0.3, 0.4) is 0 Å². The number of aromatic nitrogens is 3. The Morgan fingerprint density at radius 2 is 1.81 bits per heavy atom. The number of amides is 3. The number of aliphatic hydroxyl groups excluding tert-OH is 1. The van der Waals surface area contributed by atoms with Crippen LogP contribution < -0.4 is 9.64 Å². The Hall–Kier alpha value is -4.16. The van der Waals surface area contributed by atoms with Crippen molar-refractivity contribution >= 4 is 46.2 Å². The number of thioether (sulfide) groups is 1. The molecular weight excluding hydrogens is 616 g/mol. The zero-order valence-corrected chi connectivity index (χ0v) is 27.6. The molecule has 11 nitrogen and oxygen atoms in total. The molecule has 0 radical (unpaired) electrons. The van der Waals surface area contributed by atoms with Gasteiger partial charge in [0.15, 0.2) is 0 Å². The van der Waals surface area contributed by atoms with Crippen molar-refractivity contribution in [3.8, 4) is 5.75 Å². The average Bonchev–Trinajstić information content (AvgIpc) is 3.62. The number of anilines is 1. The van der Waals surface area contributed by atoms with Crippen molar-refractivity contribution in [2.24, 2.45) is 17.8 Å². The maximum absolute atomic E-state index is 14.8. The van der Waals surface area contributed by atoms with Gasteiger partial charge in [0, 0.05) is 24.0 Å². The molecule has 3 aromatic rings. The summed E-state index contributed by atoms with van der Waals surface area (Å²) < 4.78 is 6.32. The van der Waals surface area contributed by atoms with Gasteiger partial charge in [-0.15, -0.1) is 16.9 Å². The van der Waals surface area contributed by atoms with Crippen molar-refractivity contribution in [1.82, 2.24) is 24.8 Å². The van der Waals surface area contributed by atoms with E-state index in [1.54, 1.807) is 19.4 Å². The Morgan fingerprint density at radius 1 is 1.02 bits per heavy atom. The number of likely N-dealkylation sites (tertiary alicyclic amines) is 1. The summed E-state index contributed by atoms with van der Waals surface area (Å²) in [6, 6.07) is 13.5. The van der Waals surface area contributed by atoms with Crippen LogP contribution in [0.5, 0.6) is 5.75 Å². The normalized spacial score (nSPS) is 27.7. The van der Waals surface area contributed by atoms with E-state index in [-0.39, 0.29) is 42.2 Å². The van der Waals surface area contributed by atoms with E-state index in [1.807, 2.05) is 93.6 Å². The van der Waals surface area contributed by atoms with Gasteiger partial charge < -0.3 is 24.5 Å². The molecule has 1 aromatic heterocycles. The average molecular weight is 657 g/mol. The first kappa shape index (κ1) is 31.4. The van der Waals surface area contributed by atoms with Crippen molar-refractivity contribution in [2.75, 3.05) is 31.2 Å². The Balaban J connectivity index is 1.28. The summed E-state index contributed by atoms with van der Waals surface area (Å²) in [7, 11) is 0. The van der Waals surface area contributed by atoms with Crippen LogP contribution in [0.2, 0.25) is 0 Å². The van der Waals surface area contributed by atoms with E-state index in [2.05, 4.69) is 10.3 Å². The lowest BCUT2D eigenvalue weighted by Gasteiger charge is -2.39. The number of carbonyl (C=O) groups excluding carboxylic acids is 3. The fourth-order valence-corrected chi connectivity index (χ4v) is 9.76. The smallest absolute Gasteiger partial charge is 0.248 e. The molecule has 0 aliphatic carbocycles. The lowest BCUT2D eigenvalue weighted by molar-refractivity contribution is -0.146. The minimum atomic E-state index is -0.991. The van der Waals surface area contributed by atoms with Crippen LogP contribution in [-0.2, 0) is 21.1 Å². The molecule has 0 bridgehead atoms. The van der Waals surface area contributed by atoms with E-state index in [0.29, 0.717) is 26.1 Å². The zero-order valence-electron chi connectivity index (χ0n) is 26.8. The largest absolute Gasteiger partial charge is 0.494 e. The minimum Gasteiger partial charge on any atom is -0.494 e. The highest BCUT2D eigenvalue weighted by atomic mass is 32.2. The van der Waals surface area contributed by atoms with E-state index in [1.165, 1.54) is 11.8 Å². The summed E-state index contributed by atoms with van der Waals surface area (Å²) in [5, 5.41) is 19.0. The van der Waals surface area contributed by atoms with E-state index in [9.17, 15) is 19.5 Å².